The van der Waals surface area contributed by atoms with E-state index < -0.39 is 0 Å². The molecular formula is C16H17N3OS. The molecule has 2 aromatic heterocycles. The number of rotatable bonds is 4. The van der Waals surface area contributed by atoms with Gasteiger partial charge < -0.3 is 9.55 Å². The highest BCUT2D eigenvalue weighted by Crippen LogP contribution is 2.28. The number of ketones is 1. The summed E-state index contributed by atoms with van der Waals surface area (Å²) in [6.45, 7) is 3.88. The van der Waals surface area contributed by atoms with Crippen LogP contribution < -0.4 is 0 Å². The van der Waals surface area contributed by atoms with E-state index in [0.29, 0.717) is 0 Å². The second-order valence-electron chi connectivity index (χ2n) is 5.12. The van der Waals surface area contributed by atoms with Gasteiger partial charge in [-0.05, 0) is 19.9 Å². The average Bonchev–Trinajstić information content (AvgIpc) is 3.01. The maximum absolute atomic E-state index is 12.8. The van der Waals surface area contributed by atoms with E-state index in [-0.39, 0.29) is 11.0 Å². The summed E-state index contributed by atoms with van der Waals surface area (Å²) in [5.41, 5.74) is 2.72. The lowest BCUT2D eigenvalue weighted by molar-refractivity contribution is 0.0995. The minimum Gasteiger partial charge on any atom is -0.358 e. The Hall–Kier alpha value is -2.01. The van der Waals surface area contributed by atoms with Crippen molar-refractivity contribution in [2.45, 2.75) is 24.3 Å². The molecule has 0 fully saturated rings. The lowest BCUT2D eigenvalue weighted by Crippen LogP contribution is -2.15. The molecule has 0 spiro atoms. The van der Waals surface area contributed by atoms with Gasteiger partial charge in [0.1, 0.15) is 0 Å². The van der Waals surface area contributed by atoms with Crippen molar-refractivity contribution in [3.8, 4) is 0 Å². The fraction of sp³-hybridized carbons (Fsp3) is 0.250. The molecule has 0 aliphatic rings. The predicted molar refractivity (Wildman–Crippen MR) is 85.9 cm³/mol. The lowest BCUT2D eigenvalue weighted by atomic mass is 10.1. The summed E-state index contributed by atoms with van der Waals surface area (Å²) in [6.07, 6.45) is 3.63. The summed E-state index contributed by atoms with van der Waals surface area (Å²) in [5, 5.41) is 1.67. The molecule has 1 aromatic carbocycles. The van der Waals surface area contributed by atoms with E-state index in [1.54, 1.807) is 6.20 Å². The van der Waals surface area contributed by atoms with Gasteiger partial charge in [0, 0.05) is 41.6 Å². The van der Waals surface area contributed by atoms with Gasteiger partial charge >= 0.3 is 0 Å². The Kier molecular flexibility index (Phi) is 3.59. The quantitative estimate of drug-likeness (QED) is 0.592. The second kappa shape index (κ2) is 5.41. The number of hydrogen-bond acceptors (Lipinski definition) is 3. The maximum Gasteiger partial charge on any atom is 0.178 e. The standard InChI is InChI=1S/C16H17N3OS/c1-10-14(12-6-4-5-7-13(12)18-10)15(20)11(2)21-16-17-8-9-19(16)3/h4-9,11,18H,1-3H3/t11-/m1/s1. The van der Waals surface area contributed by atoms with E-state index in [4.69, 9.17) is 0 Å². The first-order valence-electron chi connectivity index (χ1n) is 6.83. The van der Waals surface area contributed by atoms with Gasteiger partial charge in [-0.2, -0.15) is 0 Å². The molecule has 3 rings (SSSR count). The number of imidazole rings is 1. The van der Waals surface area contributed by atoms with Gasteiger partial charge in [0.15, 0.2) is 10.9 Å². The summed E-state index contributed by atoms with van der Waals surface area (Å²) < 4.78 is 1.93. The molecule has 0 saturated heterocycles. The summed E-state index contributed by atoms with van der Waals surface area (Å²) in [6, 6.07) is 7.92. The zero-order valence-corrected chi connectivity index (χ0v) is 13.1. The highest BCUT2D eigenvalue weighted by Gasteiger charge is 2.23. The predicted octanol–water partition coefficient (Wildman–Crippen LogP) is 3.57. The molecule has 5 heteroatoms. The van der Waals surface area contributed by atoms with Crippen LogP contribution in [0.2, 0.25) is 0 Å². The molecule has 108 valence electrons. The molecule has 2 heterocycles. The second-order valence-corrected chi connectivity index (χ2v) is 6.42. The number of nitrogens with one attached hydrogen (secondary N) is 1. The van der Waals surface area contributed by atoms with Crippen LogP contribution in [-0.4, -0.2) is 25.6 Å². The molecule has 1 atom stereocenters. The number of carbonyl (C=O) groups excluding carboxylic acids is 1. The van der Waals surface area contributed by atoms with Crippen molar-refractivity contribution in [3.63, 3.8) is 0 Å². The van der Waals surface area contributed by atoms with E-state index in [0.717, 1.165) is 27.3 Å². The third-order valence-corrected chi connectivity index (χ3v) is 4.74. The Morgan fingerprint density at radius 1 is 1.38 bits per heavy atom. The van der Waals surface area contributed by atoms with Crippen molar-refractivity contribution in [2.24, 2.45) is 7.05 Å². The Bertz CT molecular complexity index is 803. The van der Waals surface area contributed by atoms with Gasteiger partial charge in [0.25, 0.3) is 0 Å². The zero-order chi connectivity index (χ0) is 15.0. The maximum atomic E-state index is 12.8. The lowest BCUT2D eigenvalue weighted by Gasteiger charge is -2.10. The summed E-state index contributed by atoms with van der Waals surface area (Å²) in [4.78, 5) is 20.4. The number of hydrogen-bond donors (Lipinski definition) is 1. The fourth-order valence-corrected chi connectivity index (χ4v) is 3.36. The minimum atomic E-state index is -0.177. The fourth-order valence-electron chi connectivity index (χ4n) is 2.47. The number of H-pyrrole nitrogens is 1. The van der Waals surface area contributed by atoms with Crippen LogP contribution in [0.5, 0.6) is 0 Å². The summed E-state index contributed by atoms with van der Waals surface area (Å²) in [5.74, 6) is 0.137. The van der Waals surface area contributed by atoms with Gasteiger partial charge in [-0.25, -0.2) is 4.98 Å². The van der Waals surface area contributed by atoms with E-state index in [1.165, 1.54) is 11.8 Å². The molecule has 0 aliphatic carbocycles. The summed E-state index contributed by atoms with van der Waals surface area (Å²) >= 11 is 1.49. The summed E-state index contributed by atoms with van der Waals surface area (Å²) in [7, 11) is 1.93. The number of Topliss-reactive ketones (excluding diaryl/α,β-unsaturated/α-hetero) is 1. The van der Waals surface area contributed by atoms with Crippen molar-refractivity contribution in [1.29, 1.82) is 0 Å². The Morgan fingerprint density at radius 2 is 2.14 bits per heavy atom. The van der Waals surface area contributed by atoms with Crippen LogP contribution >= 0.6 is 11.8 Å². The van der Waals surface area contributed by atoms with Crippen molar-refractivity contribution in [1.82, 2.24) is 14.5 Å². The van der Waals surface area contributed by atoms with Gasteiger partial charge in [0.05, 0.1) is 5.25 Å². The number of aryl methyl sites for hydroxylation is 2. The van der Waals surface area contributed by atoms with Gasteiger partial charge in [0.2, 0.25) is 0 Å². The smallest absolute Gasteiger partial charge is 0.178 e. The number of aromatic amines is 1. The Morgan fingerprint density at radius 3 is 2.86 bits per heavy atom. The molecule has 3 aromatic rings. The number of fused-ring (bicyclic) bond motifs is 1. The van der Waals surface area contributed by atoms with Crippen molar-refractivity contribution >= 4 is 28.4 Å². The van der Waals surface area contributed by atoms with Gasteiger partial charge in [-0.3, -0.25) is 4.79 Å². The molecule has 0 aliphatic heterocycles. The highest BCUT2D eigenvalue weighted by molar-refractivity contribution is 8.00. The first-order chi connectivity index (χ1) is 10.1. The molecule has 0 bridgehead atoms. The highest BCUT2D eigenvalue weighted by atomic mass is 32.2. The molecule has 0 saturated carbocycles. The molecular weight excluding hydrogens is 282 g/mol. The van der Waals surface area contributed by atoms with E-state index in [1.807, 2.05) is 55.9 Å². The average molecular weight is 299 g/mol. The van der Waals surface area contributed by atoms with Crippen molar-refractivity contribution in [2.75, 3.05) is 0 Å². The van der Waals surface area contributed by atoms with Crippen LogP contribution in [0.1, 0.15) is 23.0 Å². The Balaban J connectivity index is 1.93. The number of aromatic nitrogens is 3. The van der Waals surface area contributed by atoms with Gasteiger partial charge in [-0.1, -0.05) is 30.0 Å². The van der Waals surface area contributed by atoms with Crippen LogP contribution in [-0.2, 0) is 7.05 Å². The van der Waals surface area contributed by atoms with Crippen LogP contribution in [0.3, 0.4) is 0 Å². The molecule has 0 radical (unpaired) electrons. The molecule has 0 unspecified atom stereocenters. The number of benzene rings is 1. The Labute approximate surface area is 127 Å². The van der Waals surface area contributed by atoms with Gasteiger partial charge in [-0.15, -0.1) is 0 Å². The van der Waals surface area contributed by atoms with E-state index in [9.17, 15) is 4.79 Å². The van der Waals surface area contributed by atoms with Crippen molar-refractivity contribution in [3.05, 3.63) is 47.9 Å². The molecule has 1 N–H and O–H groups in total. The number of nitrogens with zero attached hydrogens (tertiary/aromatic N) is 2. The first-order valence-corrected chi connectivity index (χ1v) is 7.71. The van der Waals surface area contributed by atoms with Crippen LogP contribution in [0.25, 0.3) is 10.9 Å². The molecule has 0 amide bonds. The number of para-hydroxylation sites is 1. The van der Waals surface area contributed by atoms with Crippen LogP contribution in [0, 0.1) is 6.92 Å². The third-order valence-electron chi connectivity index (χ3n) is 3.57. The van der Waals surface area contributed by atoms with E-state index >= 15 is 0 Å². The molecule has 4 nitrogen and oxygen atoms in total. The van der Waals surface area contributed by atoms with Crippen molar-refractivity contribution < 1.29 is 4.79 Å². The number of carbonyl (C=O) groups is 1. The third kappa shape index (κ3) is 2.49. The minimum absolute atomic E-state index is 0.137. The monoisotopic (exact) mass is 299 g/mol. The first kappa shape index (κ1) is 13.9. The SMILES string of the molecule is Cc1[nH]c2ccccc2c1C(=O)[C@@H](C)Sc1nccn1C. The topological polar surface area (TPSA) is 50.7 Å². The largest absolute Gasteiger partial charge is 0.358 e. The zero-order valence-electron chi connectivity index (χ0n) is 12.3. The van der Waals surface area contributed by atoms with Crippen LogP contribution in [0.4, 0.5) is 0 Å². The number of thioether (sulfide) groups is 1. The normalized spacial score (nSPS) is 12.7. The van der Waals surface area contributed by atoms with Crippen LogP contribution in [0.15, 0.2) is 41.8 Å². The van der Waals surface area contributed by atoms with E-state index in [2.05, 4.69) is 9.97 Å². The molecule has 21 heavy (non-hydrogen) atoms.